The lowest BCUT2D eigenvalue weighted by Crippen LogP contribution is -2.49. The Morgan fingerprint density at radius 1 is 1.00 bits per heavy atom. The standard InChI is InChI=1S/C19H26N4O/c1-13(22-14(2)18(24)23-19(3,4)5)15-6-8-16(9-7-15)17-10-20-12-21-11-17/h6-14,22H,1-5H3,(H,23,24). The molecule has 5 heteroatoms. The number of benzene rings is 1. The molecule has 1 aromatic heterocycles. The van der Waals surface area contributed by atoms with Crippen LogP contribution in [0.5, 0.6) is 0 Å². The maximum atomic E-state index is 12.2. The summed E-state index contributed by atoms with van der Waals surface area (Å²) < 4.78 is 0. The summed E-state index contributed by atoms with van der Waals surface area (Å²) in [7, 11) is 0. The van der Waals surface area contributed by atoms with E-state index >= 15 is 0 Å². The fourth-order valence-corrected chi connectivity index (χ4v) is 2.44. The summed E-state index contributed by atoms with van der Waals surface area (Å²) in [6.07, 6.45) is 5.11. The normalized spacial score (nSPS) is 14.0. The second kappa shape index (κ2) is 7.53. The molecule has 0 aliphatic carbocycles. The van der Waals surface area contributed by atoms with Crippen LogP contribution in [0.25, 0.3) is 11.1 Å². The smallest absolute Gasteiger partial charge is 0.237 e. The van der Waals surface area contributed by atoms with Crippen LogP contribution in [-0.4, -0.2) is 27.5 Å². The van der Waals surface area contributed by atoms with Crippen LogP contribution in [0.2, 0.25) is 0 Å². The van der Waals surface area contributed by atoms with Crippen molar-refractivity contribution in [3.8, 4) is 11.1 Å². The number of rotatable bonds is 5. The molecule has 0 fully saturated rings. The third-order valence-electron chi connectivity index (χ3n) is 3.70. The average molecular weight is 326 g/mol. The van der Waals surface area contributed by atoms with E-state index in [2.05, 4.69) is 39.7 Å². The summed E-state index contributed by atoms with van der Waals surface area (Å²) in [5.41, 5.74) is 2.97. The van der Waals surface area contributed by atoms with Crippen LogP contribution in [0.15, 0.2) is 43.0 Å². The van der Waals surface area contributed by atoms with Gasteiger partial charge in [-0.1, -0.05) is 24.3 Å². The zero-order valence-electron chi connectivity index (χ0n) is 15.0. The second-order valence-electron chi connectivity index (χ2n) is 7.10. The molecular weight excluding hydrogens is 300 g/mol. The largest absolute Gasteiger partial charge is 0.350 e. The van der Waals surface area contributed by atoms with Gasteiger partial charge in [-0.3, -0.25) is 10.1 Å². The van der Waals surface area contributed by atoms with Crippen molar-refractivity contribution in [3.05, 3.63) is 48.5 Å². The summed E-state index contributed by atoms with van der Waals surface area (Å²) in [6.45, 7) is 9.88. The minimum Gasteiger partial charge on any atom is -0.350 e. The summed E-state index contributed by atoms with van der Waals surface area (Å²) >= 11 is 0. The molecule has 24 heavy (non-hydrogen) atoms. The van der Waals surface area contributed by atoms with Gasteiger partial charge in [-0.25, -0.2) is 9.97 Å². The Bertz CT molecular complexity index is 662. The third-order valence-corrected chi connectivity index (χ3v) is 3.70. The molecule has 1 heterocycles. The zero-order chi connectivity index (χ0) is 17.7. The predicted molar refractivity (Wildman–Crippen MR) is 96.4 cm³/mol. The van der Waals surface area contributed by atoms with Crippen LogP contribution < -0.4 is 10.6 Å². The lowest BCUT2D eigenvalue weighted by Gasteiger charge is -2.25. The molecule has 1 amide bonds. The van der Waals surface area contributed by atoms with Crippen LogP contribution >= 0.6 is 0 Å². The fourth-order valence-electron chi connectivity index (χ4n) is 2.44. The highest BCUT2D eigenvalue weighted by Gasteiger charge is 2.20. The van der Waals surface area contributed by atoms with E-state index in [-0.39, 0.29) is 23.5 Å². The Kier molecular flexibility index (Phi) is 5.67. The maximum Gasteiger partial charge on any atom is 0.237 e. The number of aromatic nitrogens is 2. The van der Waals surface area contributed by atoms with Gasteiger partial charge in [-0.2, -0.15) is 0 Å². The Hall–Kier alpha value is -2.27. The Balaban J connectivity index is 2.00. The number of nitrogens with zero attached hydrogens (tertiary/aromatic N) is 2. The molecular formula is C19H26N4O. The van der Waals surface area contributed by atoms with Crippen LogP contribution in [0.3, 0.4) is 0 Å². The molecule has 0 bridgehead atoms. The van der Waals surface area contributed by atoms with Crippen molar-refractivity contribution in [2.75, 3.05) is 0 Å². The molecule has 2 N–H and O–H groups in total. The minimum atomic E-state index is -0.263. The van der Waals surface area contributed by atoms with Gasteiger partial charge in [0.1, 0.15) is 6.33 Å². The quantitative estimate of drug-likeness (QED) is 0.886. The van der Waals surface area contributed by atoms with Crippen LogP contribution in [0.4, 0.5) is 0 Å². The molecule has 0 aliphatic heterocycles. The molecule has 0 radical (unpaired) electrons. The number of nitrogens with one attached hydrogen (secondary N) is 2. The van der Waals surface area contributed by atoms with E-state index < -0.39 is 0 Å². The fraction of sp³-hybridized carbons (Fsp3) is 0.421. The van der Waals surface area contributed by atoms with Gasteiger partial charge in [0.15, 0.2) is 0 Å². The van der Waals surface area contributed by atoms with Gasteiger partial charge in [0.05, 0.1) is 6.04 Å². The van der Waals surface area contributed by atoms with Gasteiger partial charge in [0, 0.05) is 29.5 Å². The molecule has 0 saturated heterocycles. The number of carbonyl (C=O) groups excluding carboxylic acids is 1. The highest BCUT2D eigenvalue weighted by Crippen LogP contribution is 2.21. The number of hydrogen-bond acceptors (Lipinski definition) is 4. The van der Waals surface area contributed by atoms with Crippen molar-refractivity contribution < 1.29 is 4.79 Å². The SMILES string of the molecule is CC(NC(C)c1ccc(-c2cncnc2)cc1)C(=O)NC(C)(C)C. The molecule has 0 spiro atoms. The van der Waals surface area contributed by atoms with Crippen molar-refractivity contribution >= 4 is 5.91 Å². The lowest BCUT2D eigenvalue weighted by molar-refractivity contribution is -0.124. The van der Waals surface area contributed by atoms with E-state index in [4.69, 9.17) is 0 Å². The Labute approximate surface area is 143 Å². The molecule has 2 atom stereocenters. The predicted octanol–water partition coefficient (Wildman–Crippen LogP) is 3.10. The Morgan fingerprint density at radius 3 is 2.12 bits per heavy atom. The van der Waals surface area contributed by atoms with Crippen molar-refractivity contribution in [1.82, 2.24) is 20.6 Å². The molecule has 2 aromatic rings. The summed E-state index contributed by atoms with van der Waals surface area (Å²) in [6, 6.07) is 8.04. The molecule has 2 rings (SSSR count). The van der Waals surface area contributed by atoms with E-state index in [1.165, 1.54) is 6.33 Å². The lowest BCUT2D eigenvalue weighted by atomic mass is 10.0. The number of carbonyl (C=O) groups is 1. The summed E-state index contributed by atoms with van der Waals surface area (Å²) in [4.78, 5) is 20.3. The van der Waals surface area contributed by atoms with E-state index in [9.17, 15) is 4.79 Å². The zero-order valence-corrected chi connectivity index (χ0v) is 15.0. The first-order valence-corrected chi connectivity index (χ1v) is 8.20. The number of hydrogen-bond donors (Lipinski definition) is 2. The van der Waals surface area contributed by atoms with Gasteiger partial charge < -0.3 is 5.32 Å². The second-order valence-corrected chi connectivity index (χ2v) is 7.10. The van der Waals surface area contributed by atoms with Gasteiger partial charge in [0.25, 0.3) is 0 Å². The summed E-state index contributed by atoms with van der Waals surface area (Å²) in [5.74, 6) is 0.00686. The molecule has 5 nitrogen and oxygen atoms in total. The van der Waals surface area contributed by atoms with Gasteiger partial charge in [-0.15, -0.1) is 0 Å². The Morgan fingerprint density at radius 2 is 1.58 bits per heavy atom. The van der Waals surface area contributed by atoms with E-state index in [0.717, 1.165) is 16.7 Å². The van der Waals surface area contributed by atoms with Crippen molar-refractivity contribution in [2.24, 2.45) is 0 Å². The molecule has 2 unspecified atom stereocenters. The van der Waals surface area contributed by atoms with Gasteiger partial charge in [0.2, 0.25) is 5.91 Å². The third kappa shape index (κ3) is 5.13. The first-order chi connectivity index (χ1) is 11.3. The average Bonchev–Trinajstić information content (AvgIpc) is 2.54. The van der Waals surface area contributed by atoms with Crippen LogP contribution in [-0.2, 0) is 4.79 Å². The van der Waals surface area contributed by atoms with Crippen molar-refractivity contribution in [2.45, 2.75) is 52.2 Å². The van der Waals surface area contributed by atoms with E-state index in [1.54, 1.807) is 12.4 Å². The van der Waals surface area contributed by atoms with Gasteiger partial charge in [-0.05, 0) is 45.7 Å². The van der Waals surface area contributed by atoms with Crippen molar-refractivity contribution in [3.63, 3.8) is 0 Å². The number of amides is 1. The van der Waals surface area contributed by atoms with Crippen molar-refractivity contribution in [1.29, 1.82) is 0 Å². The molecule has 0 saturated carbocycles. The molecule has 1 aromatic carbocycles. The minimum absolute atomic E-state index is 0.00686. The van der Waals surface area contributed by atoms with E-state index in [0.29, 0.717) is 0 Å². The van der Waals surface area contributed by atoms with Crippen LogP contribution in [0, 0.1) is 0 Å². The topological polar surface area (TPSA) is 66.9 Å². The maximum absolute atomic E-state index is 12.2. The van der Waals surface area contributed by atoms with E-state index in [1.807, 2.05) is 39.8 Å². The first kappa shape index (κ1) is 18.1. The monoisotopic (exact) mass is 326 g/mol. The summed E-state index contributed by atoms with van der Waals surface area (Å²) in [5, 5.41) is 6.33. The van der Waals surface area contributed by atoms with Crippen LogP contribution in [0.1, 0.15) is 46.2 Å². The van der Waals surface area contributed by atoms with Gasteiger partial charge >= 0.3 is 0 Å². The highest BCUT2D eigenvalue weighted by atomic mass is 16.2. The molecule has 128 valence electrons. The molecule has 0 aliphatic rings. The first-order valence-electron chi connectivity index (χ1n) is 8.20. The highest BCUT2D eigenvalue weighted by molar-refractivity contribution is 5.82.